The van der Waals surface area contributed by atoms with Gasteiger partial charge in [0.1, 0.15) is 6.17 Å². The van der Waals surface area contributed by atoms with Crippen LogP contribution in [0.15, 0.2) is 60.7 Å². The van der Waals surface area contributed by atoms with E-state index >= 15 is 0 Å². The van der Waals surface area contributed by atoms with Gasteiger partial charge in [-0.15, -0.1) is 0 Å². The molecule has 0 spiro atoms. The number of ether oxygens (including phenoxy) is 4. The summed E-state index contributed by atoms with van der Waals surface area (Å²) in [5, 5.41) is 3.53. The maximum atomic E-state index is 13.5. The standard InChI is InChI=1S/C26H28N2O5/c1-30-21-11-10-19(15-23(21)32-3)27-25-20-16-24(33-4)22(31-2)14-18(20)12-13-28(25)26(29)17-8-6-5-7-9-17/h5-11,14-16,25,27H,12-13H2,1-4H3. The zero-order chi connectivity index (χ0) is 23.4. The van der Waals surface area contributed by atoms with Gasteiger partial charge in [0, 0.05) is 29.4 Å². The van der Waals surface area contributed by atoms with Gasteiger partial charge in [-0.25, -0.2) is 0 Å². The third kappa shape index (κ3) is 4.39. The maximum Gasteiger partial charge on any atom is 0.255 e. The van der Waals surface area contributed by atoms with Crippen molar-refractivity contribution in [2.75, 3.05) is 40.3 Å². The Hall–Kier alpha value is -3.87. The van der Waals surface area contributed by atoms with E-state index in [-0.39, 0.29) is 5.91 Å². The molecule has 33 heavy (non-hydrogen) atoms. The number of benzene rings is 3. The third-order valence-corrected chi connectivity index (χ3v) is 5.84. The molecule has 1 aliphatic heterocycles. The summed E-state index contributed by atoms with van der Waals surface area (Å²) in [6.45, 7) is 0.557. The molecule has 0 saturated heterocycles. The average molecular weight is 449 g/mol. The number of amides is 1. The lowest BCUT2D eigenvalue weighted by atomic mass is 9.94. The van der Waals surface area contributed by atoms with Gasteiger partial charge < -0.3 is 29.2 Å². The predicted molar refractivity (Wildman–Crippen MR) is 127 cm³/mol. The van der Waals surface area contributed by atoms with Crippen LogP contribution in [0.4, 0.5) is 5.69 Å². The Morgan fingerprint density at radius 1 is 0.818 bits per heavy atom. The number of hydrogen-bond acceptors (Lipinski definition) is 6. The number of carbonyl (C=O) groups excluding carboxylic acids is 1. The molecule has 0 aliphatic carbocycles. The average Bonchev–Trinajstić information content (AvgIpc) is 2.88. The molecule has 1 amide bonds. The minimum atomic E-state index is -0.417. The van der Waals surface area contributed by atoms with E-state index in [9.17, 15) is 4.79 Å². The van der Waals surface area contributed by atoms with Crippen LogP contribution in [-0.2, 0) is 6.42 Å². The minimum absolute atomic E-state index is 0.0472. The highest BCUT2D eigenvalue weighted by Gasteiger charge is 2.33. The van der Waals surface area contributed by atoms with Gasteiger partial charge in [-0.05, 0) is 48.4 Å². The molecule has 1 aliphatic rings. The number of nitrogens with one attached hydrogen (secondary N) is 1. The van der Waals surface area contributed by atoms with Crippen molar-refractivity contribution < 1.29 is 23.7 Å². The SMILES string of the molecule is COc1ccc(NC2c3cc(OC)c(OC)cc3CCN2C(=O)c2ccccc2)cc1OC. The van der Waals surface area contributed by atoms with Gasteiger partial charge in [0.05, 0.1) is 28.4 Å². The molecule has 1 unspecified atom stereocenters. The second kappa shape index (κ2) is 9.73. The van der Waals surface area contributed by atoms with Gasteiger partial charge in [-0.3, -0.25) is 4.79 Å². The smallest absolute Gasteiger partial charge is 0.255 e. The van der Waals surface area contributed by atoms with Crippen LogP contribution in [0.1, 0.15) is 27.7 Å². The number of carbonyl (C=O) groups is 1. The highest BCUT2D eigenvalue weighted by atomic mass is 16.5. The molecular weight excluding hydrogens is 420 g/mol. The highest BCUT2D eigenvalue weighted by molar-refractivity contribution is 5.95. The van der Waals surface area contributed by atoms with E-state index < -0.39 is 6.17 Å². The van der Waals surface area contributed by atoms with Crippen LogP contribution >= 0.6 is 0 Å². The Kier molecular flexibility index (Phi) is 6.58. The number of rotatable bonds is 7. The zero-order valence-corrected chi connectivity index (χ0v) is 19.3. The van der Waals surface area contributed by atoms with Crippen LogP contribution in [0.5, 0.6) is 23.0 Å². The van der Waals surface area contributed by atoms with E-state index in [1.807, 2.05) is 65.6 Å². The topological polar surface area (TPSA) is 69.3 Å². The molecular formula is C26H28N2O5. The summed E-state index contributed by atoms with van der Waals surface area (Å²) in [5.74, 6) is 2.48. The lowest BCUT2D eigenvalue weighted by Gasteiger charge is -2.38. The first-order chi connectivity index (χ1) is 16.1. The van der Waals surface area contributed by atoms with Gasteiger partial charge in [0.2, 0.25) is 0 Å². The van der Waals surface area contributed by atoms with Crippen molar-refractivity contribution in [2.24, 2.45) is 0 Å². The van der Waals surface area contributed by atoms with Gasteiger partial charge >= 0.3 is 0 Å². The van der Waals surface area contributed by atoms with Gasteiger partial charge in [-0.1, -0.05) is 18.2 Å². The quantitative estimate of drug-likeness (QED) is 0.573. The molecule has 0 saturated carbocycles. The molecule has 172 valence electrons. The Morgan fingerprint density at radius 3 is 2.12 bits per heavy atom. The van der Waals surface area contributed by atoms with Crippen LogP contribution in [0, 0.1) is 0 Å². The fraction of sp³-hybridized carbons (Fsp3) is 0.269. The zero-order valence-electron chi connectivity index (χ0n) is 19.3. The van der Waals surface area contributed by atoms with Gasteiger partial charge in [-0.2, -0.15) is 0 Å². The Bertz CT molecular complexity index is 1130. The molecule has 0 aromatic heterocycles. The molecule has 3 aromatic carbocycles. The largest absolute Gasteiger partial charge is 0.493 e. The number of nitrogens with zero attached hydrogens (tertiary/aromatic N) is 1. The van der Waals surface area contributed by atoms with E-state index in [4.69, 9.17) is 18.9 Å². The number of fused-ring (bicyclic) bond motifs is 1. The first-order valence-corrected chi connectivity index (χ1v) is 10.7. The van der Waals surface area contributed by atoms with Crippen LogP contribution in [0.25, 0.3) is 0 Å². The van der Waals surface area contributed by atoms with Crippen molar-refractivity contribution in [2.45, 2.75) is 12.6 Å². The second-order valence-corrected chi connectivity index (χ2v) is 7.64. The summed E-state index contributed by atoms with van der Waals surface area (Å²) in [7, 11) is 6.43. The summed E-state index contributed by atoms with van der Waals surface area (Å²) < 4.78 is 21.9. The van der Waals surface area contributed by atoms with Crippen molar-refractivity contribution in [1.29, 1.82) is 0 Å². The molecule has 1 N–H and O–H groups in total. The number of anilines is 1. The van der Waals surface area contributed by atoms with Gasteiger partial charge in [0.25, 0.3) is 5.91 Å². The summed E-state index contributed by atoms with van der Waals surface area (Å²) in [6.07, 6.45) is 0.289. The van der Waals surface area contributed by atoms with Crippen LogP contribution in [-0.4, -0.2) is 45.8 Å². The molecule has 3 aromatic rings. The van der Waals surface area contributed by atoms with Crippen molar-refractivity contribution in [3.63, 3.8) is 0 Å². The third-order valence-electron chi connectivity index (χ3n) is 5.84. The van der Waals surface area contributed by atoms with Crippen molar-refractivity contribution in [3.8, 4) is 23.0 Å². The summed E-state index contributed by atoms with van der Waals surface area (Å²) >= 11 is 0. The summed E-state index contributed by atoms with van der Waals surface area (Å²) in [6, 6.07) is 18.8. The fourth-order valence-corrected chi connectivity index (χ4v) is 4.15. The van der Waals surface area contributed by atoms with E-state index in [1.54, 1.807) is 28.4 Å². The van der Waals surface area contributed by atoms with Crippen LogP contribution in [0.2, 0.25) is 0 Å². The van der Waals surface area contributed by atoms with Crippen molar-refractivity contribution >= 4 is 11.6 Å². The fourth-order valence-electron chi connectivity index (χ4n) is 4.15. The van der Waals surface area contributed by atoms with Crippen LogP contribution in [0.3, 0.4) is 0 Å². The molecule has 1 atom stereocenters. The molecule has 0 fully saturated rings. The lowest BCUT2D eigenvalue weighted by Crippen LogP contribution is -2.43. The summed E-state index contributed by atoms with van der Waals surface area (Å²) in [5.41, 5.74) is 3.49. The monoisotopic (exact) mass is 448 g/mol. The number of hydrogen-bond donors (Lipinski definition) is 1. The van der Waals surface area contributed by atoms with Gasteiger partial charge in [0.15, 0.2) is 23.0 Å². The predicted octanol–water partition coefficient (Wildman–Crippen LogP) is 4.53. The van der Waals surface area contributed by atoms with Crippen LogP contribution < -0.4 is 24.3 Å². The van der Waals surface area contributed by atoms with Crippen molar-refractivity contribution in [3.05, 3.63) is 77.4 Å². The molecule has 7 heteroatoms. The van der Waals surface area contributed by atoms with E-state index in [2.05, 4.69) is 5.32 Å². The lowest BCUT2D eigenvalue weighted by molar-refractivity contribution is 0.0685. The Balaban J connectivity index is 1.78. The maximum absolute atomic E-state index is 13.5. The minimum Gasteiger partial charge on any atom is -0.493 e. The normalized spacial score (nSPS) is 14.8. The molecule has 4 rings (SSSR count). The second-order valence-electron chi connectivity index (χ2n) is 7.64. The molecule has 0 bridgehead atoms. The van der Waals surface area contributed by atoms with E-state index in [1.165, 1.54) is 0 Å². The van der Waals surface area contributed by atoms with E-state index in [0.717, 1.165) is 16.8 Å². The first-order valence-electron chi connectivity index (χ1n) is 10.7. The van der Waals surface area contributed by atoms with Crippen molar-refractivity contribution in [1.82, 2.24) is 4.90 Å². The first kappa shape index (κ1) is 22.3. The molecule has 1 heterocycles. The summed E-state index contributed by atoms with van der Waals surface area (Å²) in [4.78, 5) is 15.3. The highest BCUT2D eigenvalue weighted by Crippen LogP contribution is 2.40. The molecule has 0 radical (unpaired) electrons. The van der Waals surface area contributed by atoms with E-state index in [0.29, 0.717) is 41.5 Å². The Labute approximate surface area is 193 Å². The number of methoxy groups -OCH3 is 4. The molecule has 7 nitrogen and oxygen atoms in total. The Morgan fingerprint density at radius 2 is 1.45 bits per heavy atom.